The lowest BCUT2D eigenvalue weighted by atomic mass is 10.0. The number of hydrogen-bond acceptors (Lipinski definition) is 4. The van der Waals surface area contributed by atoms with Crippen molar-refractivity contribution in [2.75, 3.05) is 13.2 Å². The highest BCUT2D eigenvalue weighted by atomic mass is 16.5. The average molecular weight is 328 g/mol. The summed E-state index contributed by atoms with van der Waals surface area (Å²) in [6, 6.07) is 17.2. The maximum atomic E-state index is 11.6. The molecule has 4 N–H and O–H groups in total. The number of amides is 1. The summed E-state index contributed by atoms with van der Waals surface area (Å²) >= 11 is 0. The van der Waals surface area contributed by atoms with Gasteiger partial charge in [0, 0.05) is 6.54 Å². The molecule has 128 valence electrons. The summed E-state index contributed by atoms with van der Waals surface area (Å²) in [5.41, 5.74) is 7.73. The fraction of sp³-hybridized carbons (Fsp3) is 0.316. The van der Waals surface area contributed by atoms with Gasteiger partial charge in [-0.05, 0) is 36.1 Å². The zero-order valence-electron chi connectivity index (χ0n) is 13.7. The molecule has 0 fully saturated rings. The number of hydrogen-bond donors (Lipinski definition) is 3. The zero-order chi connectivity index (χ0) is 17.2. The highest BCUT2D eigenvalue weighted by molar-refractivity contribution is 5.79. The Morgan fingerprint density at radius 3 is 2.42 bits per heavy atom. The van der Waals surface area contributed by atoms with Crippen LogP contribution in [0.2, 0.25) is 0 Å². The average Bonchev–Trinajstić information content (AvgIpc) is 2.61. The number of primary amides is 1. The van der Waals surface area contributed by atoms with Crippen molar-refractivity contribution in [3.8, 4) is 5.75 Å². The van der Waals surface area contributed by atoms with Crippen LogP contribution in [0.25, 0.3) is 0 Å². The maximum Gasteiger partial charge on any atom is 0.234 e. The maximum absolute atomic E-state index is 11.6. The van der Waals surface area contributed by atoms with Crippen molar-refractivity contribution in [3.63, 3.8) is 0 Å². The van der Waals surface area contributed by atoms with Crippen molar-refractivity contribution in [2.45, 2.75) is 25.4 Å². The van der Waals surface area contributed by atoms with E-state index in [2.05, 4.69) is 5.32 Å². The largest absolute Gasteiger partial charge is 0.491 e. The lowest BCUT2D eigenvalue weighted by molar-refractivity contribution is -0.120. The summed E-state index contributed by atoms with van der Waals surface area (Å²) in [6.45, 7) is 0.828. The number of aliphatic hydroxyl groups excluding tert-OH is 1. The molecule has 5 nitrogen and oxygen atoms in total. The van der Waals surface area contributed by atoms with Gasteiger partial charge in [0.15, 0.2) is 0 Å². The zero-order valence-corrected chi connectivity index (χ0v) is 13.7. The fourth-order valence-electron chi connectivity index (χ4n) is 2.41. The minimum atomic E-state index is -0.365. The SMILES string of the molecule is NC(=O)C(CCc1ccccc1)NCc1ccc(OCCO)cc1. The Bertz CT molecular complexity index is 614. The van der Waals surface area contributed by atoms with E-state index in [1.54, 1.807) is 0 Å². The topological polar surface area (TPSA) is 84.6 Å². The monoisotopic (exact) mass is 328 g/mol. The second-order valence-electron chi connectivity index (χ2n) is 5.58. The Morgan fingerprint density at radius 2 is 1.79 bits per heavy atom. The fourth-order valence-corrected chi connectivity index (χ4v) is 2.41. The molecule has 0 spiro atoms. The first-order chi connectivity index (χ1) is 11.7. The molecular formula is C19H24N2O3. The molecule has 0 heterocycles. The summed E-state index contributed by atoms with van der Waals surface area (Å²) in [4.78, 5) is 11.6. The van der Waals surface area contributed by atoms with Crippen LogP contribution < -0.4 is 15.8 Å². The Morgan fingerprint density at radius 1 is 1.08 bits per heavy atom. The van der Waals surface area contributed by atoms with Gasteiger partial charge in [0.25, 0.3) is 0 Å². The third-order valence-corrected chi connectivity index (χ3v) is 3.74. The molecule has 0 radical (unpaired) electrons. The Balaban J connectivity index is 1.83. The number of nitrogens with one attached hydrogen (secondary N) is 1. The molecule has 2 aromatic carbocycles. The normalized spacial score (nSPS) is 11.9. The highest BCUT2D eigenvalue weighted by Gasteiger charge is 2.14. The van der Waals surface area contributed by atoms with E-state index in [1.807, 2.05) is 54.6 Å². The molecule has 2 rings (SSSR count). The Labute approximate surface area is 142 Å². The molecule has 0 bridgehead atoms. The first-order valence-corrected chi connectivity index (χ1v) is 8.08. The summed E-state index contributed by atoms with van der Waals surface area (Å²) in [5, 5.41) is 11.9. The number of ether oxygens (including phenoxy) is 1. The van der Waals surface area contributed by atoms with E-state index in [9.17, 15) is 4.79 Å². The minimum absolute atomic E-state index is 0.00892. The molecule has 1 unspecified atom stereocenters. The van der Waals surface area contributed by atoms with E-state index in [-0.39, 0.29) is 25.2 Å². The second-order valence-corrected chi connectivity index (χ2v) is 5.58. The van der Waals surface area contributed by atoms with E-state index in [1.165, 1.54) is 5.56 Å². The van der Waals surface area contributed by atoms with Gasteiger partial charge < -0.3 is 20.9 Å². The van der Waals surface area contributed by atoms with Gasteiger partial charge >= 0.3 is 0 Å². The van der Waals surface area contributed by atoms with E-state index in [0.29, 0.717) is 18.7 Å². The van der Waals surface area contributed by atoms with Gasteiger partial charge in [0.2, 0.25) is 5.91 Å². The van der Waals surface area contributed by atoms with Crippen LogP contribution in [-0.2, 0) is 17.8 Å². The quantitative estimate of drug-likeness (QED) is 0.619. The number of nitrogens with two attached hydrogens (primary N) is 1. The molecule has 0 saturated heterocycles. The first kappa shape index (κ1) is 18.0. The molecule has 5 heteroatoms. The summed E-state index contributed by atoms with van der Waals surface area (Å²) in [7, 11) is 0. The van der Waals surface area contributed by atoms with Crippen molar-refractivity contribution < 1.29 is 14.6 Å². The van der Waals surface area contributed by atoms with Crippen LogP contribution in [0.3, 0.4) is 0 Å². The molecule has 0 aromatic heterocycles. The van der Waals surface area contributed by atoms with Crippen molar-refractivity contribution in [3.05, 3.63) is 65.7 Å². The van der Waals surface area contributed by atoms with Gasteiger partial charge in [0.05, 0.1) is 12.6 Å². The predicted molar refractivity (Wildman–Crippen MR) is 93.6 cm³/mol. The van der Waals surface area contributed by atoms with Crippen LogP contribution in [0.5, 0.6) is 5.75 Å². The van der Waals surface area contributed by atoms with Gasteiger partial charge in [-0.25, -0.2) is 0 Å². The van der Waals surface area contributed by atoms with E-state index in [0.717, 1.165) is 12.0 Å². The van der Waals surface area contributed by atoms with E-state index in [4.69, 9.17) is 15.6 Å². The smallest absolute Gasteiger partial charge is 0.234 e. The third-order valence-electron chi connectivity index (χ3n) is 3.74. The number of aryl methyl sites for hydroxylation is 1. The molecule has 0 saturated carbocycles. The predicted octanol–water partition coefficient (Wildman–Crippen LogP) is 1.63. The molecule has 0 aliphatic heterocycles. The van der Waals surface area contributed by atoms with Crippen molar-refractivity contribution in [1.29, 1.82) is 0 Å². The number of benzene rings is 2. The van der Waals surface area contributed by atoms with E-state index >= 15 is 0 Å². The molecule has 1 atom stereocenters. The Kier molecular flexibility index (Phi) is 7.26. The van der Waals surface area contributed by atoms with Crippen molar-refractivity contribution in [2.24, 2.45) is 5.73 Å². The standard InChI is InChI=1S/C19H24N2O3/c20-19(23)18(11-8-15-4-2-1-3-5-15)21-14-16-6-9-17(10-7-16)24-13-12-22/h1-7,9-10,18,21-22H,8,11-14H2,(H2,20,23). The van der Waals surface area contributed by atoms with Crippen LogP contribution in [0.1, 0.15) is 17.5 Å². The number of carbonyl (C=O) groups excluding carboxylic acids is 1. The number of carbonyl (C=O) groups is 1. The summed E-state index contributed by atoms with van der Waals surface area (Å²) in [6.07, 6.45) is 1.46. The van der Waals surface area contributed by atoms with Crippen molar-refractivity contribution >= 4 is 5.91 Å². The summed E-state index contributed by atoms with van der Waals surface area (Å²) < 4.78 is 5.32. The first-order valence-electron chi connectivity index (χ1n) is 8.08. The van der Waals surface area contributed by atoms with Gasteiger partial charge in [-0.2, -0.15) is 0 Å². The van der Waals surface area contributed by atoms with Gasteiger partial charge in [-0.1, -0.05) is 42.5 Å². The molecule has 1 amide bonds. The minimum Gasteiger partial charge on any atom is -0.491 e. The van der Waals surface area contributed by atoms with Gasteiger partial charge in [-0.15, -0.1) is 0 Å². The van der Waals surface area contributed by atoms with Gasteiger partial charge in [0.1, 0.15) is 12.4 Å². The van der Waals surface area contributed by atoms with E-state index < -0.39 is 0 Å². The van der Waals surface area contributed by atoms with Crippen molar-refractivity contribution in [1.82, 2.24) is 5.32 Å². The Hall–Kier alpha value is -2.37. The van der Waals surface area contributed by atoms with Gasteiger partial charge in [-0.3, -0.25) is 4.79 Å². The van der Waals surface area contributed by atoms with Crippen LogP contribution in [0, 0.1) is 0 Å². The highest BCUT2D eigenvalue weighted by Crippen LogP contribution is 2.12. The molecule has 2 aromatic rings. The second kappa shape index (κ2) is 9.70. The number of rotatable bonds is 10. The molecule has 0 aliphatic carbocycles. The molecular weight excluding hydrogens is 304 g/mol. The number of aliphatic hydroxyl groups is 1. The van der Waals surface area contributed by atoms with Crippen LogP contribution in [0.15, 0.2) is 54.6 Å². The summed E-state index contributed by atoms with van der Waals surface area (Å²) in [5.74, 6) is 0.372. The molecule has 0 aliphatic rings. The lowest BCUT2D eigenvalue weighted by Gasteiger charge is -2.16. The van der Waals surface area contributed by atoms with Crippen LogP contribution >= 0.6 is 0 Å². The molecule has 24 heavy (non-hydrogen) atoms. The lowest BCUT2D eigenvalue weighted by Crippen LogP contribution is -2.41. The third kappa shape index (κ3) is 6.02. The van der Waals surface area contributed by atoms with Crippen LogP contribution in [0.4, 0.5) is 0 Å². The van der Waals surface area contributed by atoms with Crippen LogP contribution in [-0.4, -0.2) is 30.3 Å².